The van der Waals surface area contributed by atoms with Gasteiger partial charge in [-0.15, -0.1) is 11.3 Å². The number of esters is 1. The maximum Gasteiger partial charge on any atom is 0.408 e. The number of benzene rings is 1. The highest BCUT2D eigenvalue weighted by molar-refractivity contribution is 7.09. The Morgan fingerprint density at radius 3 is 2.61 bits per heavy atom. The average Bonchev–Trinajstić information content (AvgIpc) is 3.01. The van der Waals surface area contributed by atoms with Crippen LogP contribution >= 0.6 is 11.3 Å². The van der Waals surface area contributed by atoms with Gasteiger partial charge in [-0.05, 0) is 52.2 Å². The summed E-state index contributed by atoms with van der Waals surface area (Å²) in [5, 5.41) is 5.32. The number of carbonyl (C=O) groups excluding carboxylic acids is 2. The van der Waals surface area contributed by atoms with Gasteiger partial charge in [0.25, 0.3) is 0 Å². The first-order chi connectivity index (χ1) is 13.1. The van der Waals surface area contributed by atoms with Crippen LogP contribution in [-0.4, -0.2) is 29.2 Å². The number of hydrogen-bond donors (Lipinski definition) is 1. The first-order valence-corrected chi connectivity index (χ1v) is 9.81. The fraction of sp³-hybridized carbons (Fsp3) is 0.450. The van der Waals surface area contributed by atoms with Crippen molar-refractivity contribution in [3.63, 3.8) is 0 Å². The molecule has 152 valence electrons. The lowest BCUT2D eigenvalue weighted by atomic mass is 10.1. The van der Waals surface area contributed by atoms with Crippen LogP contribution in [0.25, 0.3) is 0 Å². The van der Waals surface area contributed by atoms with Crippen molar-refractivity contribution in [2.45, 2.75) is 52.7 Å². The van der Waals surface area contributed by atoms with Gasteiger partial charge in [-0.25, -0.2) is 14.2 Å². The molecule has 0 bridgehead atoms. The van der Waals surface area contributed by atoms with Crippen LogP contribution < -0.4 is 5.32 Å². The number of aryl methyl sites for hydroxylation is 3. The summed E-state index contributed by atoms with van der Waals surface area (Å²) in [5.41, 5.74) is 1.47. The number of amides is 1. The van der Waals surface area contributed by atoms with Gasteiger partial charge in [0.05, 0.1) is 10.7 Å². The second-order valence-electron chi connectivity index (χ2n) is 7.30. The monoisotopic (exact) mass is 408 g/mol. The third-order valence-corrected chi connectivity index (χ3v) is 4.44. The molecule has 0 aliphatic carbocycles. The van der Waals surface area contributed by atoms with Crippen LogP contribution in [0.1, 0.15) is 42.6 Å². The van der Waals surface area contributed by atoms with E-state index in [0.717, 1.165) is 22.7 Å². The van der Waals surface area contributed by atoms with E-state index in [1.54, 1.807) is 38.2 Å². The summed E-state index contributed by atoms with van der Waals surface area (Å²) < 4.78 is 24.3. The fourth-order valence-electron chi connectivity index (χ4n) is 2.33. The molecule has 0 saturated carbocycles. The Labute approximate surface area is 168 Å². The lowest BCUT2D eigenvalue weighted by Gasteiger charge is -2.19. The minimum Gasteiger partial charge on any atom is -0.459 e. The molecule has 0 aliphatic heterocycles. The maximum absolute atomic E-state index is 14.2. The molecule has 1 N–H and O–H groups in total. The molecule has 1 aromatic carbocycles. The van der Waals surface area contributed by atoms with E-state index in [-0.39, 0.29) is 18.7 Å². The van der Waals surface area contributed by atoms with Crippen molar-refractivity contribution in [1.29, 1.82) is 0 Å². The smallest absolute Gasteiger partial charge is 0.408 e. The van der Waals surface area contributed by atoms with Gasteiger partial charge in [0, 0.05) is 10.9 Å². The number of alkyl carbamates (subject to hydrolysis) is 1. The Morgan fingerprint density at radius 2 is 2.00 bits per heavy atom. The molecule has 1 aromatic heterocycles. The molecule has 0 unspecified atom stereocenters. The zero-order valence-corrected chi connectivity index (χ0v) is 17.3. The highest BCUT2D eigenvalue weighted by Crippen LogP contribution is 2.15. The lowest BCUT2D eigenvalue weighted by molar-refractivity contribution is -0.143. The molecule has 8 heteroatoms. The second-order valence-corrected chi connectivity index (χ2v) is 8.36. The summed E-state index contributed by atoms with van der Waals surface area (Å²) in [6.07, 6.45) is 0.712. The summed E-state index contributed by atoms with van der Waals surface area (Å²) >= 11 is 1.59. The fourth-order valence-corrected chi connectivity index (χ4v) is 2.97. The molecule has 0 fully saturated rings. The lowest BCUT2D eigenvalue weighted by Crippen LogP contribution is -2.36. The van der Waals surface area contributed by atoms with Gasteiger partial charge in [0.2, 0.25) is 0 Å². The normalized spacial score (nSPS) is 11.2. The SMILES string of the molecule is Cc1nc(CCc2ccc(COC(=O)CNC(=O)OC(C)(C)C)c(F)c2)cs1. The van der Waals surface area contributed by atoms with E-state index >= 15 is 0 Å². The number of carbonyl (C=O) groups is 2. The number of nitrogens with zero attached hydrogens (tertiary/aromatic N) is 1. The Hall–Kier alpha value is -2.48. The van der Waals surface area contributed by atoms with Crippen LogP contribution in [0.5, 0.6) is 0 Å². The van der Waals surface area contributed by atoms with E-state index in [1.807, 2.05) is 18.4 Å². The molecule has 6 nitrogen and oxygen atoms in total. The van der Waals surface area contributed by atoms with E-state index < -0.39 is 23.5 Å². The summed E-state index contributed by atoms with van der Waals surface area (Å²) in [4.78, 5) is 27.6. The number of thiazole rings is 1. The minimum absolute atomic E-state index is 0.202. The molecule has 0 saturated heterocycles. The first kappa shape index (κ1) is 21.8. The molecule has 0 aliphatic rings. The molecule has 2 aromatic rings. The number of ether oxygens (including phenoxy) is 2. The molecular formula is C20H25FN2O4S. The summed E-state index contributed by atoms with van der Waals surface area (Å²) in [5.74, 6) is -1.10. The van der Waals surface area contributed by atoms with Crippen molar-refractivity contribution in [2.24, 2.45) is 0 Å². The van der Waals surface area contributed by atoms with E-state index in [0.29, 0.717) is 6.42 Å². The molecular weight excluding hydrogens is 383 g/mol. The van der Waals surface area contributed by atoms with Crippen molar-refractivity contribution in [1.82, 2.24) is 10.3 Å². The Bertz CT molecular complexity index is 830. The van der Waals surface area contributed by atoms with Crippen molar-refractivity contribution in [2.75, 3.05) is 6.54 Å². The van der Waals surface area contributed by atoms with Crippen LogP contribution in [0.2, 0.25) is 0 Å². The van der Waals surface area contributed by atoms with E-state index in [1.165, 1.54) is 6.07 Å². The van der Waals surface area contributed by atoms with E-state index in [2.05, 4.69) is 10.3 Å². The molecule has 2 rings (SSSR count). The highest BCUT2D eigenvalue weighted by atomic mass is 32.1. The largest absolute Gasteiger partial charge is 0.459 e. The Kier molecular flexibility index (Phi) is 7.51. The van der Waals surface area contributed by atoms with Crippen LogP contribution in [0.3, 0.4) is 0 Å². The summed E-state index contributed by atoms with van der Waals surface area (Å²) in [7, 11) is 0. The Balaban J connectivity index is 1.77. The van der Waals surface area contributed by atoms with Crippen LogP contribution in [-0.2, 0) is 33.7 Å². The molecule has 1 heterocycles. The zero-order valence-electron chi connectivity index (χ0n) is 16.5. The standard InChI is InChI=1S/C20H25FN2O4S/c1-13-23-16(12-28-13)8-6-14-5-7-15(17(21)9-14)11-26-18(24)10-22-19(25)27-20(2,3)4/h5,7,9,12H,6,8,10-11H2,1-4H3,(H,22,25). The average molecular weight is 408 g/mol. The third-order valence-electron chi connectivity index (χ3n) is 3.62. The predicted octanol–water partition coefficient (Wildman–Crippen LogP) is 3.94. The molecule has 0 radical (unpaired) electrons. The molecule has 28 heavy (non-hydrogen) atoms. The zero-order chi connectivity index (χ0) is 20.7. The molecule has 0 atom stereocenters. The Morgan fingerprint density at radius 1 is 1.25 bits per heavy atom. The molecule has 0 spiro atoms. The second kappa shape index (κ2) is 9.64. The van der Waals surface area contributed by atoms with Gasteiger partial charge in [0.1, 0.15) is 24.6 Å². The summed E-state index contributed by atoms with van der Waals surface area (Å²) in [6, 6.07) is 4.86. The van der Waals surface area contributed by atoms with Gasteiger partial charge in [-0.1, -0.05) is 12.1 Å². The predicted molar refractivity (Wildman–Crippen MR) is 105 cm³/mol. The van der Waals surface area contributed by atoms with Crippen molar-refractivity contribution >= 4 is 23.4 Å². The highest BCUT2D eigenvalue weighted by Gasteiger charge is 2.17. The third kappa shape index (κ3) is 7.64. The van der Waals surface area contributed by atoms with Crippen LogP contribution in [0, 0.1) is 12.7 Å². The summed E-state index contributed by atoms with van der Waals surface area (Å²) in [6.45, 7) is 6.56. The quantitative estimate of drug-likeness (QED) is 0.702. The van der Waals surface area contributed by atoms with Crippen molar-refractivity contribution in [3.05, 3.63) is 51.2 Å². The van der Waals surface area contributed by atoms with E-state index in [9.17, 15) is 14.0 Å². The number of hydrogen-bond acceptors (Lipinski definition) is 6. The number of rotatable bonds is 7. The number of halogens is 1. The van der Waals surface area contributed by atoms with Gasteiger partial charge < -0.3 is 14.8 Å². The van der Waals surface area contributed by atoms with Crippen LogP contribution in [0.15, 0.2) is 23.6 Å². The first-order valence-electron chi connectivity index (χ1n) is 8.93. The number of aromatic nitrogens is 1. The maximum atomic E-state index is 14.2. The topological polar surface area (TPSA) is 77.5 Å². The molecule has 1 amide bonds. The van der Waals surface area contributed by atoms with Crippen molar-refractivity contribution in [3.8, 4) is 0 Å². The van der Waals surface area contributed by atoms with Gasteiger partial charge in [-0.3, -0.25) is 4.79 Å². The van der Waals surface area contributed by atoms with Gasteiger partial charge >= 0.3 is 12.1 Å². The minimum atomic E-state index is -0.713. The van der Waals surface area contributed by atoms with E-state index in [4.69, 9.17) is 9.47 Å². The van der Waals surface area contributed by atoms with Crippen molar-refractivity contribution < 1.29 is 23.5 Å². The van der Waals surface area contributed by atoms with Crippen LogP contribution in [0.4, 0.5) is 9.18 Å². The van der Waals surface area contributed by atoms with Gasteiger partial charge in [0.15, 0.2) is 0 Å². The van der Waals surface area contributed by atoms with Gasteiger partial charge in [-0.2, -0.15) is 0 Å². The number of nitrogens with one attached hydrogen (secondary N) is 1.